The maximum atomic E-state index is 12.1. The number of carbonyl (C=O) groups is 1. The van der Waals surface area contributed by atoms with E-state index in [0.717, 1.165) is 46.4 Å². The highest BCUT2D eigenvalue weighted by Gasteiger charge is 2.45. The molecule has 0 atom stereocenters. The third-order valence-corrected chi connectivity index (χ3v) is 5.64. The molecular weight excluding hydrogens is 394 g/mol. The average molecular weight is 417 g/mol. The normalized spacial score (nSPS) is 14.5. The maximum absolute atomic E-state index is 12.1. The Bertz CT molecular complexity index is 1270. The van der Waals surface area contributed by atoms with Gasteiger partial charge in [0.05, 0.1) is 18.2 Å². The van der Waals surface area contributed by atoms with E-state index in [2.05, 4.69) is 20.1 Å². The van der Waals surface area contributed by atoms with Gasteiger partial charge >= 0.3 is 0 Å². The molecule has 0 spiro atoms. The van der Waals surface area contributed by atoms with E-state index in [0.29, 0.717) is 18.3 Å². The lowest BCUT2D eigenvalue weighted by atomic mass is 10.2. The van der Waals surface area contributed by atoms with E-state index in [9.17, 15) is 4.79 Å². The van der Waals surface area contributed by atoms with Crippen LogP contribution in [0.4, 0.5) is 0 Å². The molecule has 1 saturated carbocycles. The summed E-state index contributed by atoms with van der Waals surface area (Å²) in [5, 5.41) is 12.1. The van der Waals surface area contributed by atoms with Gasteiger partial charge in [-0.1, -0.05) is 12.1 Å². The number of hydrogen-bond acceptors (Lipinski definition) is 6. The molecule has 3 N–H and O–H groups in total. The van der Waals surface area contributed by atoms with Crippen LogP contribution < -0.4 is 15.8 Å². The molecule has 31 heavy (non-hydrogen) atoms. The Kier molecular flexibility index (Phi) is 4.51. The molecule has 2 aromatic carbocycles. The summed E-state index contributed by atoms with van der Waals surface area (Å²) in [7, 11) is 1.65. The molecule has 158 valence electrons. The minimum absolute atomic E-state index is 0.0871. The minimum atomic E-state index is -0.665. The quantitative estimate of drug-likeness (QED) is 0.499. The number of nitrogens with one attached hydrogen (secondary N) is 1. The Morgan fingerprint density at radius 1 is 1.19 bits per heavy atom. The molecule has 2 aromatic heterocycles. The molecule has 1 amide bonds. The van der Waals surface area contributed by atoms with Crippen LogP contribution in [0.3, 0.4) is 0 Å². The first-order valence-corrected chi connectivity index (χ1v) is 10.1. The van der Waals surface area contributed by atoms with Gasteiger partial charge in [-0.3, -0.25) is 4.79 Å². The Labute approximate surface area is 179 Å². The fraction of sp³-hybridized carbons (Fsp3) is 0.261. The first-order chi connectivity index (χ1) is 15.0. The predicted octanol–water partition coefficient (Wildman–Crippen LogP) is 3.11. The second kappa shape index (κ2) is 7.24. The number of aromatic nitrogens is 3. The number of methoxy groups -OCH3 is 1. The zero-order chi connectivity index (χ0) is 21.6. The average Bonchev–Trinajstić information content (AvgIpc) is 3.22. The van der Waals surface area contributed by atoms with Crippen molar-refractivity contribution in [1.82, 2.24) is 20.1 Å². The van der Waals surface area contributed by atoms with Crippen LogP contribution in [-0.4, -0.2) is 33.3 Å². The van der Waals surface area contributed by atoms with Crippen LogP contribution in [0.1, 0.15) is 24.3 Å². The van der Waals surface area contributed by atoms with Crippen molar-refractivity contribution in [3.05, 3.63) is 60.0 Å². The second-order valence-corrected chi connectivity index (χ2v) is 7.92. The molecule has 1 aliphatic rings. The molecule has 0 unspecified atom stereocenters. The number of carbonyl (C=O) groups excluding carboxylic acids is 1. The third-order valence-electron chi connectivity index (χ3n) is 5.64. The molecule has 1 fully saturated rings. The Morgan fingerprint density at radius 3 is 2.61 bits per heavy atom. The topological polar surface area (TPSA) is 108 Å². The predicted molar refractivity (Wildman–Crippen MR) is 116 cm³/mol. The molecule has 8 nitrogen and oxygen atoms in total. The summed E-state index contributed by atoms with van der Waals surface area (Å²) in [5.74, 6) is 1.64. The summed E-state index contributed by atoms with van der Waals surface area (Å²) in [6.45, 7) is 2.21. The number of ether oxygens (including phenoxy) is 1. The standard InChI is InChI=1S/C23H23N5O3/c1-14-26-27-21(31-14)20-12-16-11-18(30-2)7-8-19(16)28(20)17-5-3-15(4-6-17)13-25-22(29)23(24)9-10-23/h3-8,11-12H,9-10,13,24H2,1-2H3,(H,25,29). The molecule has 0 radical (unpaired) electrons. The summed E-state index contributed by atoms with van der Waals surface area (Å²) in [6.07, 6.45) is 1.50. The molecule has 0 aliphatic heterocycles. The largest absolute Gasteiger partial charge is 0.497 e. The monoisotopic (exact) mass is 417 g/mol. The highest BCUT2D eigenvalue weighted by molar-refractivity contribution is 5.89. The number of fused-ring (bicyclic) bond motifs is 1. The number of amides is 1. The Hall–Kier alpha value is -3.65. The summed E-state index contributed by atoms with van der Waals surface area (Å²) >= 11 is 0. The van der Waals surface area contributed by atoms with Crippen molar-refractivity contribution in [2.75, 3.05) is 7.11 Å². The molecule has 2 heterocycles. The highest BCUT2D eigenvalue weighted by Crippen LogP contribution is 2.34. The van der Waals surface area contributed by atoms with Crippen molar-refractivity contribution >= 4 is 16.8 Å². The summed E-state index contributed by atoms with van der Waals surface area (Å²) in [6, 6.07) is 15.9. The number of aryl methyl sites for hydroxylation is 1. The molecule has 1 aliphatic carbocycles. The first kappa shape index (κ1) is 19.3. The smallest absolute Gasteiger partial charge is 0.264 e. The van der Waals surface area contributed by atoms with E-state index < -0.39 is 5.54 Å². The van der Waals surface area contributed by atoms with Crippen molar-refractivity contribution in [3.8, 4) is 23.0 Å². The second-order valence-electron chi connectivity index (χ2n) is 7.92. The summed E-state index contributed by atoms with van der Waals surface area (Å²) in [5.41, 5.74) is 9.01. The van der Waals surface area contributed by atoms with Gasteiger partial charge in [0.25, 0.3) is 5.89 Å². The van der Waals surface area contributed by atoms with Crippen LogP contribution in [0.2, 0.25) is 0 Å². The van der Waals surface area contributed by atoms with Gasteiger partial charge < -0.3 is 24.8 Å². The van der Waals surface area contributed by atoms with Gasteiger partial charge in [-0.15, -0.1) is 10.2 Å². The first-order valence-electron chi connectivity index (χ1n) is 10.1. The third kappa shape index (κ3) is 3.55. The zero-order valence-electron chi connectivity index (χ0n) is 17.4. The van der Waals surface area contributed by atoms with Gasteiger partial charge in [0.1, 0.15) is 11.4 Å². The lowest BCUT2D eigenvalue weighted by Gasteiger charge is -2.12. The zero-order valence-corrected chi connectivity index (χ0v) is 17.4. The van der Waals surface area contributed by atoms with Gasteiger partial charge in [-0.05, 0) is 54.8 Å². The van der Waals surface area contributed by atoms with Gasteiger partial charge in [0.2, 0.25) is 11.8 Å². The fourth-order valence-corrected chi connectivity index (χ4v) is 3.64. The van der Waals surface area contributed by atoms with Crippen LogP contribution in [-0.2, 0) is 11.3 Å². The van der Waals surface area contributed by atoms with Gasteiger partial charge in [-0.2, -0.15) is 0 Å². The van der Waals surface area contributed by atoms with E-state index in [1.165, 1.54) is 0 Å². The van der Waals surface area contributed by atoms with Crippen molar-refractivity contribution in [2.45, 2.75) is 31.8 Å². The van der Waals surface area contributed by atoms with Crippen LogP contribution in [0.25, 0.3) is 28.2 Å². The molecule has 5 rings (SSSR count). The van der Waals surface area contributed by atoms with E-state index >= 15 is 0 Å². The van der Waals surface area contributed by atoms with Crippen molar-refractivity contribution in [3.63, 3.8) is 0 Å². The van der Waals surface area contributed by atoms with Crippen LogP contribution in [0.5, 0.6) is 5.75 Å². The molecule has 0 bridgehead atoms. The Morgan fingerprint density at radius 2 is 1.97 bits per heavy atom. The SMILES string of the molecule is COc1ccc2c(c1)cc(-c1nnc(C)o1)n2-c1ccc(CNC(=O)C2(N)CC2)cc1. The molecule has 4 aromatic rings. The molecule has 0 saturated heterocycles. The van der Waals surface area contributed by atoms with Gasteiger partial charge in [-0.25, -0.2) is 0 Å². The van der Waals surface area contributed by atoms with E-state index in [1.807, 2.05) is 48.5 Å². The maximum Gasteiger partial charge on any atom is 0.264 e. The number of hydrogen-bond donors (Lipinski definition) is 2. The van der Waals surface area contributed by atoms with Crippen LogP contribution in [0.15, 0.2) is 52.9 Å². The summed E-state index contributed by atoms with van der Waals surface area (Å²) in [4.78, 5) is 12.1. The number of nitrogens with zero attached hydrogens (tertiary/aromatic N) is 3. The lowest BCUT2D eigenvalue weighted by Crippen LogP contribution is -2.42. The highest BCUT2D eigenvalue weighted by atomic mass is 16.5. The van der Waals surface area contributed by atoms with Crippen LogP contribution in [0, 0.1) is 6.92 Å². The minimum Gasteiger partial charge on any atom is -0.497 e. The van der Waals surface area contributed by atoms with Gasteiger partial charge in [0, 0.05) is 24.5 Å². The van der Waals surface area contributed by atoms with Crippen LogP contribution >= 0.6 is 0 Å². The van der Waals surface area contributed by atoms with E-state index in [4.69, 9.17) is 14.9 Å². The van der Waals surface area contributed by atoms with Crippen molar-refractivity contribution < 1.29 is 13.9 Å². The summed E-state index contributed by atoms with van der Waals surface area (Å²) < 4.78 is 13.2. The van der Waals surface area contributed by atoms with E-state index in [1.54, 1.807) is 14.0 Å². The fourth-order valence-electron chi connectivity index (χ4n) is 3.64. The molecular formula is C23H23N5O3. The molecule has 8 heteroatoms. The number of benzene rings is 2. The number of rotatable bonds is 6. The van der Waals surface area contributed by atoms with Crippen molar-refractivity contribution in [2.24, 2.45) is 5.73 Å². The lowest BCUT2D eigenvalue weighted by molar-refractivity contribution is -0.123. The van der Waals surface area contributed by atoms with Crippen molar-refractivity contribution in [1.29, 1.82) is 0 Å². The Balaban J connectivity index is 1.50. The number of nitrogens with two attached hydrogens (primary N) is 1. The van der Waals surface area contributed by atoms with Gasteiger partial charge in [0.15, 0.2) is 0 Å². The van der Waals surface area contributed by atoms with E-state index in [-0.39, 0.29) is 5.91 Å².